The zero-order valence-electron chi connectivity index (χ0n) is 9.69. The smallest absolute Gasteiger partial charge is 0.340 e. The van der Waals surface area contributed by atoms with Crippen LogP contribution in [0.25, 0.3) is 10.9 Å². The molecule has 0 amide bonds. The number of benzene rings is 1. The average Bonchev–Trinajstić information content (AvgIpc) is 2.69. The Bertz CT molecular complexity index is 699. The summed E-state index contributed by atoms with van der Waals surface area (Å²) in [5, 5.41) is 13.7. The molecule has 1 aromatic heterocycles. The van der Waals surface area contributed by atoms with Crippen molar-refractivity contribution in [2.75, 3.05) is 12.8 Å². The van der Waals surface area contributed by atoms with Crippen molar-refractivity contribution in [2.45, 2.75) is 0 Å². The Morgan fingerprint density at radius 2 is 2.33 bits per heavy atom. The highest BCUT2D eigenvalue weighted by Gasteiger charge is 2.20. The Kier molecular flexibility index (Phi) is 2.97. The third-order valence-electron chi connectivity index (χ3n) is 2.63. The van der Waals surface area contributed by atoms with E-state index in [-0.39, 0.29) is 16.9 Å². The molecular formula is C11H9BrN4O2. The minimum Gasteiger partial charge on any atom is -0.465 e. The molecular weight excluding hydrogens is 300 g/mol. The van der Waals surface area contributed by atoms with Gasteiger partial charge in [0.25, 0.3) is 0 Å². The van der Waals surface area contributed by atoms with E-state index in [1.165, 1.54) is 11.8 Å². The predicted octanol–water partition coefficient (Wildman–Crippen LogP) is 1.58. The van der Waals surface area contributed by atoms with Crippen molar-refractivity contribution in [3.63, 3.8) is 0 Å². The molecule has 2 aromatic rings. The van der Waals surface area contributed by atoms with Crippen molar-refractivity contribution in [3.8, 4) is 6.07 Å². The number of rotatable bonds is 1. The number of anilines is 1. The third kappa shape index (κ3) is 1.62. The maximum atomic E-state index is 11.6. The van der Waals surface area contributed by atoms with Gasteiger partial charge in [0.2, 0.25) is 0 Å². The highest BCUT2D eigenvalue weighted by Crippen LogP contribution is 2.34. The van der Waals surface area contributed by atoms with Crippen LogP contribution < -0.4 is 5.73 Å². The van der Waals surface area contributed by atoms with Gasteiger partial charge in [0.15, 0.2) is 5.69 Å². The van der Waals surface area contributed by atoms with E-state index in [0.717, 1.165) is 0 Å². The first kappa shape index (κ1) is 12.4. The number of carbonyl (C=O) groups excluding carboxylic acids is 1. The molecule has 0 aliphatic heterocycles. The van der Waals surface area contributed by atoms with Crippen LogP contribution in [-0.4, -0.2) is 22.9 Å². The standard InChI is InChI=1S/C11H9BrN4O2/c1-16-7-3-5(11(17)18-2)10(14)9(12)8(7)6(4-13)15-16/h3H,14H2,1-2H3. The van der Waals surface area contributed by atoms with Gasteiger partial charge in [-0.1, -0.05) is 0 Å². The first-order valence-electron chi connectivity index (χ1n) is 4.94. The molecule has 2 rings (SSSR count). The number of halogens is 1. The number of nitrogens with zero attached hydrogens (tertiary/aromatic N) is 3. The van der Waals surface area contributed by atoms with Crippen LogP contribution in [0.1, 0.15) is 16.1 Å². The number of aryl methyl sites for hydroxylation is 1. The maximum Gasteiger partial charge on any atom is 0.340 e. The van der Waals surface area contributed by atoms with Gasteiger partial charge in [-0.15, -0.1) is 0 Å². The number of carbonyl (C=O) groups is 1. The first-order chi connectivity index (χ1) is 8.51. The van der Waals surface area contributed by atoms with Crippen molar-refractivity contribution in [1.29, 1.82) is 5.26 Å². The molecule has 1 aromatic carbocycles. The van der Waals surface area contributed by atoms with Gasteiger partial charge in [0.05, 0.1) is 33.7 Å². The quantitative estimate of drug-likeness (QED) is 0.637. The van der Waals surface area contributed by atoms with Crippen LogP contribution in [0.3, 0.4) is 0 Å². The Labute approximate surface area is 111 Å². The minimum absolute atomic E-state index is 0.235. The van der Waals surface area contributed by atoms with Crippen LogP contribution in [0, 0.1) is 11.3 Å². The number of ether oxygens (including phenoxy) is 1. The van der Waals surface area contributed by atoms with Crippen LogP contribution >= 0.6 is 15.9 Å². The molecule has 92 valence electrons. The Hall–Kier alpha value is -2.07. The summed E-state index contributed by atoms with van der Waals surface area (Å²) in [4.78, 5) is 11.6. The molecule has 7 heteroatoms. The number of esters is 1. The van der Waals surface area contributed by atoms with Gasteiger partial charge in [0, 0.05) is 7.05 Å². The molecule has 2 N–H and O–H groups in total. The molecule has 0 radical (unpaired) electrons. The normalized spacial score (nSPS) is 10.3. The van der Waals surface area contributed by atoms with Gasteiger partial charge < -0.3 is 10.5 Å². The highest BCUT2D eigenvalue weighted by molar-refractivity contribution is 9.10. The van der Waals surface area contributed by atoms with Gasteiger partial charge in [-0.05, 0) is 22.0 Å². The molecule has 0 unspecified atom stereocenters. The number of nitriles is 1. The van der Waals surface area contributed by atoms with Crippen molar-refractivity contribution in [3.05, 3.63) is 21.8 Å². The Morgan fingerprint density at radius 1 is 1.67 bits per heavy atom. The summed E-state index contributed by atoms with van der Waals surface area (Å²) in [7, 11) is 2.97. The van der Waals surface area contributed by atoms with Gasteiger partial charge in [0.1, 0.15) is 6.07 Å². The number of fused-ring (bicyclic) bond motifs is 1. The number of nitrogen functional groups attached to an aromatic ring is 1. The van der Waals surface area contributed by atoms with E-state index < -0.39 is 5.97 Å². The van der Waals surface area contributed by atoms with Crippen molar-refractivity contribution >= 4 is 38.5 Å². The van der Waals surface area contributed by atoms with Gasteiger partial charge in [-0.3, -0.25) is 4.68 Å². The monoisotopic (exact) mass is 308 g/mol. The summed E-state index contributed by atoms with van der Waals surface area (Å²) >= 11 is 3.30. The average molecular weight is 309 g/mol. The van der Waals surface area contributed by atoms with Gasteiger partial charge in [-0.25, -0.2) is 4.79 Å². The van der Waals surface area contributed by atoms with E-state index in [9.17, 15) is 4.79 Å². The SMILES string of the molecule is COC(=O)c1cc2c(c(C#N)nn2C)c(Br)c1N. The first-order valence-corrected chi connectivity index (χ1v) is 5.73. The topological polar surface area (TPSA) is 93.9 Å². The van der Waals surface area contributed by atoms with Crippen LogP contribution in [0.15, 0.2) is 10.5 Å². The maximum absolute atomic E-state index is 11.6. The second kappa shape index (κ2) is 4.31. The second-order valence-electron chi connectivity index (χ2n) is 3.62. The second-order valence-corrected chi connectivity index (χ2v) is 4.41. The fraction of sp³-hybridized carbons (Fsp3) is 0.182. The molecule has 0 atom stereocenters. The van der Waals surface area contributed by atoms with Crippen LogP contribution in [0.5, 0.6) is 0 Å². The van der Waals surface area contributed by atoms with Crippen molar-refractivity contribution < 1.29 is 9.53 Å². The van der Waals surface area contributed by atoms with Crippen molar-refractivity contribution in [1.82, 2.24) is 9.78 Å². The third-order valence-corrected chi connectivity index (χ3v) is 3.45. The summed E-state index contributed by atoms with van der Waals surface area (Å²) in [6, 6.07) is 3.55. The Balaban J connectivity index is 2.90. The summed E-state index contributed by atoms with van der Waals surface area (Å²) in [6.07, 6.45) is 0. The zero-order chi connectivity index (χ0) is 13.4. The molecule has 0 aliphatic carbocycles. The van der Waals surface area contributed by atoms with E-state index in [4.69, 9.17) is 11.0 Å². The highest BCUT2D eigenvalue weighted by atomic mass is 79.9. The van der Waals surface area contributed by atoms with Crippen LogP contribution in [0.4, 0.5) is 5.69 Å². The number of hydrogen-bond acceptors (Lipinski definition) is 5. The predicted molar refractivity (Wildman–Crippen MR) is 68.9 cm³/mol. The van der Waals surface area contributed by atoms with E-state index >= 15 is 0 Å². The molecule has 0 saturated heterocycles. The lowest BCUT2D eigenvalue weighted by atomic mass is 10.1. The lowest BCUT2D eigenvalue weighted by Crippen LogP contribution is -2.06. The van der Waals surface area contributed by atoms with Crippen molar-refractivity contribution in [2.24, 2.45) is 7.05 Å². The summed E-state index contributed by atoms with van der Waals surface area (Å²) in [5.74, 6) is -0.533. The molecule has 1 heterocycles. The largest absolute Gasteiger partial charge is 0.465 e. The number of nitrogens with two attached hydrogens (primary N) is 1. The van der Waals surface area contributed by atoms with Gasteiger partial charge >= 0.3 is 5.97 Å². The van der Waals surface area contributed by atoms with Crippen LogP contribution in [-0.2, 0) is 11.8 Å². The number of hydrogen-bond donors (Lipinski definition) is 1. The van der Waals surface area contributed by atoms with Gasteiger partial charge in [-0.2, -0.15) is 10.4 Å². The molecule has 0 bridgehead atoms. The summed E-state index contributed by atoms with van der Waals surface area (Å²) in [6.45, 7) is 0. The number of methoxy groups -OCH3 is 1. The van der Waals surface area contributed by atoms with Crippen LogP contribution in [0.2, 0.25) is 0 Å². The van der Waals surface area contributed by atoms with E-state index in [0.29, 0.717) is 15.4 Å². The molecule has 18 heavy (non-hydrogen) atoms. The lowest BCUT2D eigenvalue weighted by Gasteiger charge is -2.07. The number of aromatic nitrogens is 2. The fourth-order valence-electron chi connectivity index (χ4n) is 1.74. The summed E-state index contributed by atoms with van der Waals surface area (Å²) < 4.78 is 6.65. The molecule has 0 fully saturated rings. The zero-order valence-corrected chi connectivity index (χ0v) is 11.3. The van der Waals surface area contributed by atoms with E-state index in [2.05, 4.69) is 25.8 Å². The minimum atomic E-state index is -0.533. The molecule has 0 aliphatic rings. The van der Waals surface area contributed by atoms with E-state index in [1.807, 2.05) is 6.07 Å². The fourth-order valence-corrected chi connectivity index (χ4v) is 2.35. The molecule has 0 saturated carbocycles. The molecule has 0 spiro atoms. The Morgan fingerprint density at radius 3 is 2.89 bits per heavy atom. The lowest BCUT2D eigenvalue weighted by molar-refractivity contribution is 0.0602. The molecule has 6 nitrogen and oxygen atoms in total. The summed E-state index contributed by atoms with van der Waals surface area (Å²) in [5.41, 5.74) is 7.22. The van der Waals surface area contributed by atoms with E-state index in [1.54, 1.807) is 13.1 Å².